The second-order valence-electron chi connectivity index (χ2n) is 4.70. The zero-order chi connectivity index (χ0) is 11.8. The van der Waals surface area contributed by atoms with Crippen LogP contribution in [0.5, 0.6) is 0 Å². The molecule has 0 aliphatic rings. The zero-order valence-corrected chi connectivity index (χ0v) is 10.4. The second-order valence-corrected chi connectivity index (χ2v) is 5.68. The fraction of sp³-hybridized carbons (Fsp3) is 0.455. The van der Waals surface area contributed by atoms with Gasteiger partial charge in [0.25, 0.3) is 0 Å². The van der Waals surface area contributed by atoms with E-state index in [4.69, 9.17) is 10.3 Å². The van der Waals surface area contributed by atoms with Crippen LogP contribution in [0.4, 0.5) is 0 Å². The minimum atomic E-state index is -0.292. The van der Waals surface area contributed by atoms with Gasteiger partial charge in [-0.25, -0.2) is 0 Å². The number of aromatic nitrogens is 2. The summed E-state index contributed by atoms with van der Waals surface area (Å²) in [4.78, 5) is 5.38. The molecule has 16 heavy (non-hydrogen) atoms. The highest BCUT2D eigenvalue weighted by molar-refractivity contribution is 7.10. The molecular formula is C11H15N3OS. The Hall–Kier alpha value is -1.20. The van der Waals surface area contributed by atoms with E-state index in [0.29, 0.717) is 11.7 Å². The molecule has 1 unspecified atom stereocenters. The highest BCUT2D eigenvalue weighted by atomic mass is 32.1. The zero-order valence-electron chi connectivity index (χ0n) is 9.60. The average molecular weight is 237 g/mol. The minimum absolute atomic E-state index is 0.138. The number of hydrogen-bond donors (Lipinski definition) is 1. The smallest absolute Gasteiger partial charge is 0.232 e. The maximum absolute atomic E-state index is 6.04. The third-order valence-electron chi connectivity index (χ3n) is 2.21. The van der Waals surface area contributed by atoms with Crippen LogP contribution in [0, 0.1) is 0 Å². The van der Waals surface area contributed by atoms with E-state index >= 15 is 0 Å². The van der Waals surface area contributed by atoms with Gasteiger partial charge >= 0.3 is 0 Å². The van der Waals surface area contributed by atoms with E-state index < -0.39 is 0 Å². The van der Waals surface area contributed by atoms with Crippen molar-refractivity contribution < 1.29 is 4.52 Å². The first-order valence-corrected chi connectivity index (χ1v) is 5.99. The van der Waals surface area contributed by atoms with Crippen molar-refractivity contribution in [3.8, 4) is 0 Å². The SMILES string of the molecule is CC(C)(C)c1nc(C(N)c2cccs2)no1. The first-order valence-electron chi connectivity index (χ1n) is 5.11. The van der Waals surface area contributed by atoms with Crippen molar-refractivity contribution in [2.45, 2.75) is 32.2 Å². The lowest BCUT2D eigenvalue weighted by Crippen LogP contribution is -2.14. The molecule has 2 aromatic heterocycles. The van der Waals surface area contributed by atoms with Gasteiger partial charge in [-0.15, -0.1) is 11.3 Å². The van der Waals surface area contributed by atoms with Gasteiger partial charge in [0.05, 0.1) is 0 Å². The monoisotopic (exact) mass is 237 g/mol. The first kappa shape index (κ1) is 11.3. The fourth-order valence-corrected chi connectivity index (χ4v) is 1.98. The van der Waals surface area contributed by atoms with Gasteiger partial charge in [0.2, 0.25) is 5.89 Å². The van der Waals surface area contributed by atoms with E-state index in [-0.39, 0.29) is 11.5 Å². The van der Waals surface area contributed by atoms with Crippen LogP contribution in [0.1, 0.15) is 43.4 Å². The summed E-state index contributed by atoms with van der Waals surface area (Å²) in [6.07, 6.45) is 0. The summed E-state index contributed by atoms with van der Waals surface area (Å²) in [6.45, 7) is 6.09. The molecule has 2 rings (SSSR count). The normalized spacial score (nSPS) is 14.0. The van der Waals surface area contributed by atoms with Gasteiger partial charge in [-0.3, -0.25) is 0 Å². The van der Waals surface area contributed by atoms with Crippen LogP contribution < -0.4 is 5.73 Å². The van der Waals surface area contributed by atoms with E-state index in [1.54, 1.807) is 11.3 Å². The van der Waals surface area contributed by atoms with Crippen molar-refractivity contribution in [3.05, 3.63) is 34.1 Å². The van der Waals surface area contributed by atoms with E-state index in [2.05, 4.69) is 10.1 Å². The molecule has 5 heteroatoms. The third kappa shape index (κ3) is 2.15. The van der Waals surface area contributed by atoms with Crippen LogP contribution in [0.3, 0.4) is 0 Å². The van der Waals surface area contributed by atoms with Gasteiger partial charge in [0.1, 0.15) is 6.04 Å². The number of rotatable bonds is 2. The van der Waals surface area contributed by atoms with Gasteiger partial charge in [0.15, 0.2) is 5.82 Å². The molecule has 0 aromatic carbocycles. The Kier molecular flexibility index (Phi) is 2.82. The average Bonchev–Trinajstić information content (AvgIpc) is 2.87. The lowest BCUT2D eigenvalue weighted by atomic mass is 9.97. The van der Waals surface area contributed by atoms with Crippen LogP contribution in [-0.2, 0) is 5.41 Å². The molecule has 0 saturated carbocycles. The van der Waals surface area contributed by atoms with Gasteiger partial charge < -0.3 is 10.3 Å². The number of hydrogen-bond acceptors (Lipinski definition) is 5. The summed E-state index contributed by atoms with van der Waals surface area (Å²) in [5.74, 6) is 1.17. The molecule has 0 saturated heterocycles. The van der Waals surface area contributed by atoms with Crippen molar-refractivity contribution in [2.75, 3.05) is 0 Å². The van der Waals surface area contributed by atoms with Crippen molar-refractivity contribution >= 4 is 11.3 Å². The summed E-state index contributed by atoms with van der Waals surface area (Å²) in [7, 11) is 0. The minimum Gasteiger partial charge on any atom is -0.339 e. The van der Waals surface area contributed by atoms with Crippen LogP contribution in [-0.4, -0.2) is 10.1 Å². The highest BCUT2D eigenvalue weighted by Gasteiger charge is 2.24. The number of nitrogens with zero attached hydrogens (tertiary/aromatic N) is 2. The predicted octanol–water partition coefficient (Wildman–Crippen LogP) is 2.48. The van der Waals surface area contributed by atoms with Crippen molar-refractivity contribution in [1.82, 2.24) is 10.1 Å². The molecule has 2 N–H and O–H groups in total. The lowest BCUT2D eigenvalue weighted by molar-refractivity contribution is 0.317. The van der Waals surface area contributed by atoms with Gasteiger partial charge in [-0.1, -0.05) is 32.0 Å². The van der Waals surface area contributed by atoms with Crippen LogP contribution >= 0.6 is 11.3 Å². The quantitative estimate of drug-likeness (QED) is 0.871. The van der Waals surface area contributed by atoms with E-state index in [1.165, 1.54) is 0 Å². The van der Waals surface area contributed by atoms with E-state index in [1.807, 2.05) is 38.3 Å². The Bertz CT molecular complexity index is 456. The molecule has 2 heterocycles. The van der Waals surface area contributed by atoms with Crippen LogP contribution in [0.15, 0.2) is 22.0 Å². The lowest BCUT2D eigenvalue weighted by Gasteiger charge is -2.10. The van der Waals surface area contributed by atoms with Gasteiger partial charge in [-0.2, -0.15) is 4.98 Å². The summed E-state index contributed by atoms with van der Waals surface area (Å²) < 4.78 is 5.21. The molecule has 0 spiro atoms. The largest absolute Gasteiger partial charge is 0.339 e. The van der Waals surface area contributed by atoms with Gasteiger partial charge in [-0.05, 0) is 11.4 Å². The Morgan fingerprint density at radius 1 is 1.44 bits per heavy atom. The predicted molar refractivity (Wildman–Crippen MR) is 63.3 cm³/mol. The molecule has 4 nitrogen and oxygen atoms in total. The molecule has 1 atom stereocenters. The maximum atomic E-state index is 6.04. The van der Waals surface area contributed by atoms with E-state index in [0.717, 1.165) is 4.88 Å². The first-order chi connectivity index (χ1) is 7.48. The van der Waals surface area contributed by atoms with Crippen LogP contribution in [0.25, 0.3) is 0 Å². The summed E-state index contributed by atoms with van der Waals surface area (Å²) >= 11 is 1.60. The Morgan fingerprint density at radius 3 is 2.69 bits per heavy atom. The molecule has 0 bridgehead atoms. The van der Waals surface area contributed by atoms with Crippen molar-refractivity contribution in [1.29, 1.82) is 0 Å². The topological polar surface area (TPSA) is 64.9 Å². The maximum Gasteiger partial charge on any atom is 0.232 e. The molecule has 0 radical (unpaired) electrons. The van der Waals surface area contributed by atoms with E-state index in [9.17, 15) is 0 Å². The molecule has 0 amide bonds. The highest BCUT2D eigenvalue weighted by Crippen LogP contribution is 2.25. The van der Waals surface area contributed by atoms with Crippen molar-refractivity contribution in [2.24, 2.45) is 5.73 Å². The molecule has 0 aliphatic carbocycles. The standard InChI is InChI=1S/C11H15N3OS/c1-11(2,3)10-13-9(14-15-10)8(12)7-5-4-6-16-7/h4-6,8H,12H2,1-3H3. The van der Waals surface area contributed by atoms with Gasteiger partial charge in [0, 0.05) is 10.3 Å². The Labute approximate surface area is 98.5 Å². The summed E-state index contributed by atoms with van der Waals surface area (Å²) in [5, 5.41) is 5.92. The summed E-state index contributed by atoms with van der Waals surface area (Å²) in [5.41, 5.74) is 5.90. The Morgan fingerprint density at radius 2 is 2.19 bits per heavy atom. The number of thiophene rings is 1. The Balaban J connectivity index is 2.26. The molecule has 0 aliphatic heterocycles. The third-order valence-corrected chi connectivity index (χ3v) is 3.17. The van der Waals surface area contributed by atoms with Crippen LogP contribution in [0.2, 0.25) is 0 Å². The molecular weight excluding hydrogens is 222 g/mol. The number of nitrogens with two attached hydrogens (primary N) is 1. The second kappa shape index (κ2) is 3.99. The van der Waals surface area contributed by atoms with Crippen molar-refractivity contribution in [3.63, 3.8) is 0 Å². The molecule has 0 fully saturated rings. The molecule has 86 valence electrons. The fourth-order valence-electron chi connectivity index (χ4n) is 1.26. The molecule has 2 aromatic rings. The summed E-state index contributed by atoms with van der Waals surface area (Å²) in [6, 6.07) is 3.65.